The van der Waals surface area contributed by atoms with Crippen molar-refractivity contribution in [1.29, 1.82) is 0 Å². The van der Waals surface area contributed by atoms with Crippen molar-refractivity contribution < 1.29 is 9.59 Å². The molecule has 0 saturated carbocycles. The zero-order valence-electron chi connectivity index (χ0n) is 12.5. The molecule has 0 aliphatic heterocycles. The number of carbonyl (C=O) groups is 2. The summed E-state index contributed by atoms with van der Waals surface area (Å²) in [7, 11) is 0. The lowest BCUT2D eigenvalue weighted by Gasteiger charge is -2.32. The minimum absolute atomic E-state index is 0.303. The summed E-state index contributed by atoms with van der Waals surface area (Å²) in [5.41, 5.74) is 0.363. The maximum absolute atomic E-state index is 12.3. The monoisotopic (exact) mass is 271 g/mol. The van der Waals surface area contributed by atoms with Gasteiger partial charge in [-0.2, -0.15) is 0 Å². The Morgan fingerprint density at radius 2 is 1.55 bits per heavy atom. The molecular weight excluding hydrogens is 250 g/mol. The molecule has 0 fully saturated rings. The van der Waals surface area contributed by atoms with Crippen LogP contribution < -0.4 is 0 Å². The Labute approximate surface area is 120 Å². The minimum Gasteiger partial charge on any atom is -0.270 e. The van der Waals surface area contributed by atoms with Crippen LogP contribution in [0.25, 0.3) is 6.08 Å². The Hall–Kier alpha value is -2.16. The maximum Gasteiger partial charge on any atom is 0.253 e. The van der Waals surface area contributed by atoms with E-state index in [1.807, 2.05) is 51.1 Å². The van der Waals surface area contributed by atoms with Crippen molar-refractivity contribution in [2.24, 2.45) is 0 Å². The zero-order chi connectivity index (χ0) is 15.2. The summed E-state index contributed by atoms with van der Waals surface area (Å²) in [4.78, 5) is 25.5. The summed E-state index contributed by atoms with van der Waals surface area (Å²) in [5, 5.41) is 0. The molecule has 1 rings (SSSR count). The van der Waals surface area contributed by atoms with Gasteiger partial charge in [-0.3, -0.25) is 14.5 Å². The molecule has 0 heterocycles. The van der Waals surface area contributed by atoms with E-state index in [-0.39, 0.29) is 11.8 Å². The number of rotatable bonds is 3. The van der Waals surface area contributed by atoms with Gasteiger partial charge in [-0.1, -0.05) is 36.4 Å². The molecule has 1 aromatic carbocycles. The average molecular weight is 271 g/mol. The van der Waals surface area contributed by atoms with Gasteiger partial charge in [0.25, 0.3) is 11.8 Å². The summed E-state index contributed by atoms with van der Waals surface area (Å²) >= 11 is 0. The summed E-state index contributed by atoms with van der Waals surface area (Å²) in [5.74, 6) is -0.618. The molecule has 0 unspecified atom stereocenters. The Balaban J connectivity index is 2.95. The first kappa shape index (κ1) is 15.9. The van der Waals surface area contributed by atoms with E-state index in [9.17, 15) is 9.59 Å². The van der Waals surface area contributed by atoms with E-state index < -0.39 is 5.54 Å². The first-order chi connectivity index (χ1) is 9.36. The van der Waals surface area contributed by atoms with Crippen molar-refractivity contribution in [1.82, 2.24) is 4.90 Å². The zero-order valence-corrected chi connectivity index (χ0v) is 12.5. The fourth-order valence-electron chi connectivity index (χ4n) is 1.79. The van der Waals surface area contributed by atoms with Crippen LogP contribution in [0.2, 0.25) is 0 Å². The van der Waals surface area contributed by atoms with E-state index in [4.69, 9.17) is 0 Å². The van der Waals surface area contributed by atoms with Gasteiger partial charge in [-0.05, 0) is 45.4 Å². The molecule has 0 bridgehead atoms. The van der Waals surface area contributed by atoms with E-state index in [0.29, 0.717) is 0 Å². The Morgan fingerprint density at radius 1 is 1.00 bits per heavy atom. The smallest absolute Gasteiger partial charge is 0.253 e. The number of allylic oxidation sites excluding steroid dienone is 1. The molecule has 0 atom stereocenters. The number of imide groups is 1. The largest absolute Gasteiger partial charge is 0.270 e. The summed E-state index contributed by atoms with van der Waals surface area (Å²) < 4.78 is 0. The first-order valence-corrected chi connectivity index (χ1v) is 6.60. The van der Waals surface area contributed by atoms with Crippen molar-refractivity contribution in [3.63, 3.8) is 0 Å². The Morgan fingerprint density at radius 3 is 2.05 bits per heavy atom. The molecule has 0 N–H and O–H groups in total. The van der Waals surface area contributed by atoms with Gasteiger partial charge in [0.2, 0.25) is 0 Å². The second kappa shape index (κ2) is 6.85. The number of nitrogens with zero attached hydrogens (tertiary/aromatic N) is 1. The normalized spacial score (nSPS) is 12.0. The first-order valence-electron chi connectivity index (χ1n) is 6.60. The second-order valence-electron chi connectivity index (χ2n) is 5.43. The van der Waals surface area contributed by atoms with Crippen LogP contribution in [-0.4, -0.2) is 22.3 Å². The molecule has 0 aliphatic rings. The van der Waals surface area contributed by atoms with Crippen molar-refractivity contribution in [3.05, 3.63) is 54.1 Å². The highest BCUT2D eigenvalue weighted by atomic mass is 16.2. The highest BCUT2D eigenvalue weighted by molar-refractivity contribution is 6.07. The fraction of sp³-hybridized carbons (Fsp3) is 0.294. The molecule has 0 saturated heterocycles. The number of carbonyl (C=O) groups excluding carboxylic acids is 2. The van der Waals surface area contributed by atoms with Gasteiger partial charge in [0.15, 0.2) is 0 Å². The van der Waals surface area contributed by atoms with E-state index in [0.717, 1.165) is 5.56 Å². The van der Waals surface area contributed by atoms with Crippen LogP contribution >= 0.6 is 0 Å². The third-order valence-corrected chi connectivity index (χ3v) is 2.64. The fourth-order valence-corrected chi connectivity index (χ4v) is 1.79. The van der Waals surface area contributed by atoms with Crippen LogP contribution in [0.4, 0.5) is 0 Å². The quantitative estimate of drug-likeness (QED) is 0.790. The molecule has 0 aromatic heterocycles. The standard InChI is InChI=1S/C17H21NO2/c1-5-9-15(19)18(17(2,3)4)16(20)13-12-14-10-7-6-8-11-14/h5-13H,1-4H3/b9-5+,13-12+. The summed E-state index contributed by atoms with van der Waals surface area (Å²) in [6.45, 7) is 7.26. The molecule has 2 amide bonds. The van der Waals surface area contributed by atoms with Gasteiger partial charge in [-0.25, -0.2) is 0 Å². The lowest BCUT2D eigenvalue weighted by molar-refractivity contribution is -0.144. The molecule has 106 valence electrons. The van der Waals surface area contributed by atoms with Crippen LogP contribution in [-0.2, 0) is 9.59 Å². The Bertz CT molecular complexity index is 522. The number of amides is 2. The SMILES string of the molecule is C/C=C/C(=O)N(C(=O)/C=C/c1ccccc1)C(C)(C)C. The van der Waals surface area contributed by atoms with Crippen LogP contribution in [0.15, 0.2) is 48.6 Å². The van der Waals surface area contributed by atoms with Crippen LogP contribution in [0, 0.1) is 0 Å². The third kappa shape index (κ3) is 4.50. The predicted molar refractivity (Wildman–Crippen MR) is 81.9 cm³/mol. The lowest BCUT2D eigenvalue weighted by Crippen LogP contribution is -2.48. The van der Waals surface area contributed by atoms with Gasteiger partial charge in [-0.15, -0.1) is 0 Å². The summed E-state index contributed by atoms with van der Waals surface area (Å²) in [6.07, 6.45) is 6.18. The molecule has 0 radical (unpaired) electrons. The van der Waals surface area contributed by atoms with Crippen LogP contribution in [0.1, 0.15) is 33.3 Å². The van der Waals surface area contributed by atoms with Gasteiger partial charge in [0.1, 0.15) is 0 Å². The van der Waals surface area contributed by atoms with Gasteiger partial charge < -0.3 is 0 Å². The van der Waals surface area contributed by atoms with Crippen molar-refractivity contribution >= 4 is 17.9 Å². The highest BCUT2D eigenvalue weighted by Gasteiger charge is 2.29. The second-order valence-corrected chi connectivity index (χ2v) is 5.43. The molecule has 20 heavy (non-hydrogen) atoms. The number of benzene rings is 1. The van der Waals surface area contributed by atoms with Crippen molar-refractivity contribution in [2.75, 3.05) is 0 Å². The maximum atomic E-state index is 12.3. The number of hydrogen-bond donors (Lipinski definition) is 0. The summed E-state index contributed by atoms with van der Waals surface area (Å²) in [6, 6.07) is 9.52. The minimum atomic E-state index is -0.561. The van der Waals surface area contributed by atoms with Gasteiger partial charge in [0.05, 0.1) is 0 Å². The third-order valence-electron chi connectivity index (χ3n) is 2.64. The molecule has 1 aromatic rings. The van der Waals surface area contributed by atoms with Crippen molar-refractivity contribution in [3.8, 4) is 0 Å². The molecule has 3 heteroatoms. The van der Waals surface area contributed by atoms with Crippen molar-refractivity contribution in [2.45, 2.75) is 33.2 Å². The van der Waals surface area contributed by atoms with E-state index >= 15 is 0 Å². The predicted octanol–water partition coefficient (Wildman–Crippen LogP) is 3.43. The topological polar surface area (TPSA) is 37.4 Å². The van der Waals surface area contributed by atoms with Crippen LogP contribution in [0.3, 0.4) is 0 Å². The lowest BCUT2D eigenvalue weighted by atomic mass is 10.1. The highest BCUT2D eigenvalue weighted by Crippen LogP contribution is 2.15. The van der Waals surface area contributed by atoms with Crippen LogP contribution in [0.5, 0.6) is 0 Å². The average Bonchev–Trinajstić information content (AvgIpc) is 2.36. The van der Waals surface area contributed by atoms with E-state index in [1.54, 1.807) is 19.1 Å². The van der Waals surface area contributed by atoms with Gasteiger partial charge in [0, 0.05) is 11.6 Å². The Kier molecular flexibility index (Phi) is 5.44. The molecule has 0 aliphatic carbocycles. The van der Waals surface area contributed by atoms with E-state index in [2.05, 4.69) is 0 Å². The van der Waals surface area contributed by atoms with E-state index in [1.165, 1.54) is 17.1 Å². The molecular formula is C17H21NO2. The van der Waals surface area contributed by atoms with Gasteiger partial charge >= 0.3 is 0 Å². The number of hydrogen-bond acceptors (Lipinski definition) is 2. The molecule has 3 nitrogen and oxygen atoms in total. The molecule has 0 spiro atoms.